The number of fused-ring (bicyclic) bond motifs is 1. The quantitative estimate of drug-likeness (QED) is 0.633. The molecule has 2 atom stereocenters. The van der Waals surface area contributed by atoms with Crippen LogP contribution in [0.4, 0.5) is 11.4 Å². The van der Waals surface area contributed by atoms with E-state index in [4.69, 9.17) is 4.74 Å². The molecule has 130 valence electrons. The Hall–Kier alpha value is -2.64. The molecule has 0 saturated heterocycles. The molecule has 0 bridgehead atoms. The third kappa shape index (κ3) is 3.64. The number of nitro benzene ring substituents is 1. The summed E-state index contributed by atoms with van der Waals surface area (Å²) < 4.78 is 5.60. The first-order chi connectivity index (χ1) is 11.4. The van der Waals surface area contributed by atoms with Gasteiger partial charge in [-0.1, -0.05) is 13.8 Å². The second-order valence-corrected chi connectivity index (χ2v) is 5.73. The van der Waals surface area contributed by atoms with Crippen LogP contribution in [0.25, 0.3) is 0 Å². The molecule has 0 aliphatic carbocycles. The zero-order valence-corrected chi connectivity index (χ0v) is 13.9. The molecule has 0 fully saturated rings. The maximum Gasteiger partial charge on any atom is 0.271 e. The van der Waals surface area contributed by atoms with Crippen molar-refractivity contribution in [2.45, 2.75) is 45.8 Å². The smallest absolute Gasteiger partial charge is 0.271 e. The van der Waals surface area contributed by atoms with E-state index in [2.05, 4.69) is 5.32 Å². The van der Waals surface area contributed by atoms with E-state index >= 15 is 0 Å². The molecule has 1 aromatic rings. The van der Waals surface area contributed by atoms with Gasteiger partial charge in [0, 0.05) is 18.2 Å². The molecule has 0 aromatic heterocycles. The zero-order chi connectivity index (χ0) is 17.9. The predicted molar refractivity (Wildman–Crippen MR) is 88.1 cm³/mol. The number of nitrogens with zero attached hydrogens (tertiary/aromatic N) is 2. The van der Waals surface area contributed by atoms with Crippen LogP contribution < -0.4 is 15.0 Å². The number of benzene rings is 1. The first-order valence-electron chi connectivity index (χ1n) is 7.93. The Morgan fingerprint density at radius 2 is 2.17 bits per heavy atom. The van der Waals surface area contributed by atoms with Gasteiger partial charge in [0.1, 0.15) is 12.3 Å². The van der Waals surface area contributed by atoms with E-state index < -0.39 is 11.0 Å². The second-order valence-electron chi connectivity index (χ2n) is 5.73. The van der Waals surface area contributed by atoms with E-state index in [1.165, 1.54) is 23.1 Å². The van der Waals surface area contributed by atoms with E-state index in [0.29, 0.717) is 12.2 Å². The van der Waals surface area contributed by atoms with Crippen molar-refractivity contribution >= 4 is 23.2 Å². The fourth-order valence-electron chi connectivity index (χ4n) is 2.41. The second kappa shape index (κ2) is 7.29. The minimum Gasteiger partial charge on any atom is -0.478 e. The van der Waals surface area contributed by atoms with Gasteiger partial charge in [-0.3, -0.25) is 24.6 Å². The maximum atomic E-state index is 12.5. The molecule has 1 aliphatic rings. The van der Waals surface area contributed by atoms with Crippen LogP contribution in [-0.4, -0.2) is 35.4 Å². The minimum atomic E-state index is -0.699. The SMILES string of the molecule is CCC(C)NC(=O)CN1C(=O)C(CC)Oc2ccc([N+](=O)[O-])cc21. The van der Waals surface area contributed by atoms with Crippen LogP contribution in [0, 0.1) is 10.1 Å². The van der Waals surface area contributed by atoms with E-state index in [0.717, 1.165) is 6.42 Å². The van der Waals surface area contributed by atoms with Gasteiger partial charge in [-0.2, -0.15) is 0 Å². The number of nitrogens with one attached hydrogen (secondary N) is 1. The number of hydrogen-bond acceptors (Lipinski definition) is 5. The molecule has 1 N–H and O–H groups in total. The van der Waals surface area contributed by atoms with Gasteiger partial charge < -0.3 is 10.1 Å². The standard InChI is InChI=1S/C16H21N3O5/c1-4-10(3)17-15(20)9-18-12-8-11(19(22)23)6-7-14(12)24-13(5-2)16(18)21/h6-8,10,13H,4-5,9H2,1-3H3,(H,17,20). The van der Waals surface area contributed by atoms with Crippen molar-refractivity contribution in [2.75, 3.05) is 11.4 Å². The Bertz CT molecular complexity index is 661. The Morgan fingerprint density at radius 3 is 2.75 bits per heavy atom. The van der Waals surface area contributed by atoms with Gasteiger partial charge in [-0.25, -0.2) is 0 Å². The number of ether oxygens (including phenoxy) is 1. The highest BCUT2D eigenvalue weighted by atomic mass is 16.6. The van der Waals surface area contributed by atoms with E-state index in [9.17, 15) is 19.7 Å². The first kappa shape index (κ1) is 17.7. The highest BCUT2D eigenvalue weighted by Gasteiger charge is 2.35. The molecule has 0 radical (unpaired) electrons. The molecule has 8 heteroatoms. The largest absolute Gasteiger partial charge is 0.478 e. The lowest BCUT2D eigenvalue weighted by Crippen LogP contribution is -2.50. The minimum absolute atomic E-state index is 0.0137. The number of non-ortho nitro benzene ring substituents is 1. The normalized spacial score (nSPS) is 17.7. The number of carbonyl (C=O) groups excluding carboxylic acids is 2. The van der Waals surface area contributed by atoms with Gasteiger partial charge in [0.05, 0.1) is 10.6 Å². The number of carbonyl (C=O) groups is 2. The topological polar surface area (TPSA) is 102 Å². The average molecular weight is 335 g/mol. The van der Waals surface area contributed by atoms with Crippen LogP contribution in [0.3, 0.4) is 0 Å². The van der Waals surface area contributed by atoms with Crippen LogP contribution in [0.15, 0.2) is 18.2 Å². The van der Waals surface area contributed by atoms with Crippen molar-refractivity contribution in [1.82, 2.24) is 5.32 Å². The van der Waals surface area contributed by atoms with Crippen molar-refractivity contribution in [3.63, 3.8) is 0 Å². The number of hydrogen-bond donors (Lipinski definition) is 1. The number of nitro groups is 1. The lowest BCUT2D eigenvalue weighted by molar-refractivity contribution is -0.384. The van der Waals surface area contributed by atoms with Crippen LogP contribution in [0.1, 0.15) is 33.6 Å². The van der Waals surface area contributed by atoms with E-state index in [1.54, 1.807) is 6.92 Å². The molecule has 8 nitrogen and oxygen atoms in total. The van der Waals surface area contributed by atoms with Crippen LogP contribution >= 0.6 is 0 Å². The summed E-state index contributed by atoms with van der Waals surface area (Å²) in [7, 11) is 0. The van der Waals surface area contributed by atoms with Crippen molar-refractivity contribution in [2.24, 2.45) is 0 Å². The van der Waals surface area contributed by atoms with Crippen molar-refractivity contribution in [1.29, 1.82) is 0 Å². The van der Waals surface area contributed by atoms with Crippen molar-refractivity contribution in [3.05, 3.63) is 28.3 Å². The van der Waals surface area contributed by atoms with Crippen LogP contribution in [0.2, 0.25) is 0 Å². The molecule has 2 unspecified atom stereocenters. The van der Waals surface area contributed by atoms with E-state index in [-0.39, 0.29) is 35.8 Å². The van der Waals surface area contributed by atoms with Gasteiger partial charge >= 0.3 is 0 Å². The van der Waals surface area contributed by atoms with Gasteiger partial charge in [-0.05, 0) is 25.8 Å². The molecule has 2 amide bonds. The van der Waals surface area contributed by atoms with E-state index in [1.807, 2.05) is 13.8 Å². The lowest BCUT2D eigenvalue weighted by Gasteiger charge is -2.33. The Balaban J connectivity index is 2.34. The summed E-state index contributed by atoms with van der Waals surface area (Å²) in [6, 6.07) is 4.02. The first-order valence-corrected chi connectivity index (χ1v) is 7.93. The summed E-state index contributed by atoms with van der Waals surface area (Å²) in [5, 5.41) is 13.8. The summed E-state index contributed by atoms with van der Waals surface area (Å²) in [6.45, 7) is 5.41. The fourth-order valence-corrected chi connectivity index (χ4v) is 2.41. The Kier molecular flexibility index (Phi) is 5.38. The Labute approximate surface area is 139 Å². The Morgan fingerprint density at radius 1 is 1.46 bits per heavy atom. The molecule has 2 rings (SSSR count). The highest BCUT2D eigenvalue weighted by Crippen LogP contribution is 2.37. The number of anilines is 1. The third-order valence-corrected chi connectivity index (χ3v) is 3.95. The molecule has 1 aromatic carbocycles. The summed E-state index contributed by atoms with van der Waals surface area (Å²) in [6.07, 6.45) is 0.511. The van der Waals surface area contributed by atoms with Crippen molar-refractivity contribution < 1.29 is 19.2 Å². The van der Waals surface area contributed by atoms with Gasteiger partial charge in [-0.15, -0.1) is 0 Å². The monoisotopic (exact) mass is 335 g/mol. The third-order valence-electron chi connectivity index (χ3n) is 3.95. The molecule has 1 heterocycles. The maximum absolute atomic E-state index is 12.5. The number of rotatable bonds is 6. The molecule has 0 saturated carbocycles. The molecule has 24 heavy (non-hydrogen) atoms. The van der Waals surface area contributed by atoms with Gasteiger partial charge in [0.2, 0.25) is 5.91 Å². The summed E-state index contributed by atoms with van der Waals surface area (Å²) in [5.41, 5.74) is 0.0886. The highest BCUT2D eigenvalue weighted by molar-refractivity contribution is 6.04. The van der Waals surface area contributed by atoms with Crippen molar-refractivity contribution in [3.8, 4) is 5.75 Å². The summed E-state index contributed by atoms with van der Waals surface area (Å²) in [4.78, 5) is 36.4. The lowest BCUT2D eigenvalue weighted by atomic mass is 10.1. The van der Waals surface area contributed by atoms with Crippen LogP contribution in [0.5, 0.6) is 5.75 Å². The molecular weight excluding hydrogens is 314 g/mol. The zero-order valence-electron chi connectivity index (χ0n) is 13.9. The van der Waals surface area contributed by atoms with Crippen LogP contribution in [-0.2, 0) is 9.59 Å². The average Bonchev–Trinajstić information content (AvgIpc) is 2.56. The predicted octanol–water partition coefficient (Wildman–Crippen LogP) is 2.01. The summed E-state index contributed by atoms with van der Waals surface area (Å²) in [5.74, 6) is -0.319. The summed E-state index contributed by atoms with van der Waals surface area (Å²) >= 11 is 0. The van der Waals surface area contributed by atoms with Gasteiger partial charge in [0.15, 0.2) is 6.10 Å². The molecule has 0 spiro atoms. The molecule has 1 aliphatic heterocycles. The molecular formula is C16H21N3O5. The number of amides is 2. The fraction of sp³-hybridized carbons (Fsp3) is 0.500. The van der Waals surface area contributed by atoms with Gasteiger partial charge in [0.25, 0.3) is 11.6 Å².